The number of hydrogen-bond acceptors (Lipinski definition) is 2. The maximum atomic E-state index is 12.2. The van der Waals surface area contributed by atoms with Crippen LogP contribution in [0.25, 0.3) is 0 Å². The molecule has 0 bridgehead atoms. The molecule has 1 unspecified atom stereocenters. The Morgan fingerprint density at radius 3 is 2.76 bits per heavy atom. The van der Waals surface area contributed by atoms with Crippen molar-refractivity contribution in [1.82, 2.24) is 9.88 Å². The number of likely N-dealkylation sites (tertiary alicyclic amines) is 1. The van der Waals surface area contributed by atoms with Gasteiger partial charge < -0.3 is 4.90 Å². The van der Waals surface area contributed by atoms with E-state index >= 15 is 0 Å². The van der Waals surface area contributed by atoms with Crippen LogP contribution in [0.2, 0.25) is 0 Å². The van der Waals surface area contributed by atoms with Crippen LogP contribution in [0.3, 0.4) is 0 Å². The molecule has 1 aromatic heterocycles. The first-order chi connectivity index (χ1) is 8.20. The van der Waals surface area contributed by atoms with E-state index in [9.17, 15) is 4.79 Å². The zero-order valence-electron chi connectivity index (χ0n) is 10.0. The summed E-state index contributed by atoms with van der Waals surface area (Å²) in [5.41, 5.74) is 1.84. The van der Waals surface area contributed by atoms with Gasteiger partial charge in [0.25, 0.3) is 0 Å². The van der Waals surface area contributed by atoms with E-state index in [-0.39, 0.29) is 5.91 Å². The van der Waals surface area contributed by atoms with Gasteiger partial charge in [-0.3, -0.25) is 9.78 Å². The van der Waals surface area contributed by atoms with Crippen molar-refractivity contribution in [3.63, 3.8) is 0 Å². The van der Waals surface area contributed by atoms with Crippen LogP contribution < -0.4 is 0 Å². The van der Waals surface area contributed by atoms with Crippen molar-refractivity contribution in [2.45, 2.75) is 31.6 Å². The molecule has 0 aromatic carbocycles. The first-order valence-electron chi connectivity index (χ1n) is 6.03. The van der Waals surface area contributed by atoms with Crippen LogP contribution in [0.1, 0.15) is 35.8 Å². The Morgan fingerprint density at radius 1 is 1.41 bits per heavy atom. The number of alkyl halides is 1. The van der Waals surface area contributed by atoms with Crippen molar-refractivity contribution in [3.8, 4) is 0 Å². The number of carbonyl (C=O) groups excluding carboxylic acids is 1. The van der Waals surface area contributed by atoms with Crippen LogP contribution in [0.5, 0.6) is 0 Å². The van der Waals surface area contributed by atoms with Gasteiger partial charge in [0.2, 0.25) is 5.91 Å². The lowest BCUT2D eigenvalue weighted by Crippen LogP contribution is -2.37. The molecule has 0 radical (unpaired) electrons. The minimum absolute atomic E-state index is 0.0162. The average molecular weight is 253 g/mol. The van der Waals surface area contributed by atoms with Crippen LogP contribution in [0.4, 0.5) is 0 Å². The quantitative estimate of drug-likeness (QED) is 0.759. The predicted molar refractivity (Wildman–Crippen MR) is 68.0 cm³/mol. The van der Waals surface area contributed by atoms with Gasteiger partial charge in [-0.1, -0.05) is 0 Å². The number of aromatic nitrogens is 1. The third-order valence-electron chi connectivity index (χ3n) is 3.24. The van der Waals surface area contributed by atoms with Crippen molar-refractivity contribution in [2.75, 3.05) is 13.1 Å². The summed E-state index contributed by atoms with van der Waals surface area (Å²) in [6, 6.07) is 1.88. The van der Waals surface area contributed by atoms with E-state index in [1.165, 1.54) is 6.42 Å². The first kappa shape index (κ1) is 12.4. The second-order valence-corrected chi connectivity index (χ2v) is 4.92. The Kier molecular flexibility index (Phi) is 4.00. The molecule has 1 saturated heterocycles. The van der Waals surface area contributed by atoms with E-state index in [0.29, 0.717) is 0 Å². The lowest BCUT2D eigenvalue weighted by atomic mass is 10.1. The molecule has 17 heavy (non-hydrogen) atoms. The van der Waals surface area contributed by atoms with Crippen LogP contribution in [-0.2, 0) is 4.79 Å². The molecule has 2 heterocycles. The van der Waals surface area contributed by atoms with Crippen LogP contribution in [-0.4, -0.2) is 28.9 Å². The smallest absolute Gasteiger partial charge is 0.245 e. The number of hydrogen-bond donors (Lipinski definition) is 0. The second kappa shape index (κ2) is 5.50. The number of aryl methyl sites for hydroxylation is 1. The fourth-order valence-corrected chi connectivity index (χ4v) is 2.52. The van der Waals surface area contributed by atoms with Gasteiger partial charge in [-0.05, 0) is 37.8 Å². The molecule has 1 amide bonds. The molecule has 4 heteroatoms. The SMILES string of the molecule is Cc1ccncc1C(Cl)C(=O)N1CCCCC1. The van der Waals surface area contributed by atoms with E-state index in [0.717, 1.165) is 37.1 Å². The monoisotopic (exact) mass is 252 g/mol. The summed E-state index contributed by atoms with van der Waals surface area (Å²) in [5, 5.41) is -0.596. The normalized spacial score (nSPS) is 17.9. The van der Waals surface area contributed by atoms with Crippen molar-refractivity contribution in [2.24, 2.45) is 0 Å². The van der Waals surface area contributed by atoms with Crippen LogP contribution in [0.15, 0.2) is 18.5 Å². The Hall–Kier alpha value is -1.09. The molecule has 1 fully saturated rings. The van der Waals surface area contributed by atoms with Crippen molar-refractivity contribution in [1.29, 1.82) is 0 Å². The Morgan fingerprint density at radius 2 is 2.12 bits per heavy atom. The van der Waals surface area contributed by atoms with E-state index in [1.807, 2.05) is 17.9 Å². The number of halogens is 1. The number of piperidine rings is 1. The minimum atomic E-state index is -0.596. The van der Waals surface area contributed by atoms with Gasteiger partial charge in [0.05, 0.1) is 0 Å². The molecule has 0 saturated carbocycles. The molecular weight excluding hydrogens is 236 g/mol. The maximum absolute atomic E-state index is 12.2. The van der Waals surface area contributed by atoms with E-state index < -0.39 is 5.38 Å². The Bertz CT molecular complexity index is 402. The van der Waals surface area contributed by atoms with Gasteiger partial charge in [0.15, 0.2) is 0 Å². The van der Waals surface area contributed by atoms with Gasteiger partial charge in [-0.15, -0.1) is 11.6 Å². The summed E-state index contributed by atoms with van der Waals surface area (Å²) in [6.07, 6.45) is 6.79. The molecule has 1 aromatic rings. The lowest BCUT2D eigenvalue weighted by molar-refractivity contribution is -0.131. The van der Waals surface area contributed by atoms with Gasteiger partial charge in [-0.25, -0.2) is 0 Å². The van der Waals surface area contributed by atoms with Crippen molar-refractivity contribution < 1.29 is 4.79 Å². The fourth-order valence-electron chi connectivity index (χ4n) is 2.15. The van der Waals surface area contributed by atoms with Gasteiger partial charge >= 0.3 is 0 Å². The third-order valence-corrected chi connectivity index (χ3v) is 3.66. The molecule has 0 spiro atoms. The van der Waals surface area contributed by atoms with Crippen LogP contribution in [0, 0.1) is 6.92 Å². The highest BCUT2D eigenvalue weighted by molar-refractivity contribution is 6.30. The Labute approximate surface area is 107 Å². The first-order valence-corrected chi connectivity index (χ1v) is 6.47. The van der Waals surface area contributed by atoms with Gasteiger partial charge in [0, 0.05) is 31.0 Å². The van der Waals surface area contributed by atoms with E-state index in [1.54, 1.807) is 12.4 Å². The minimum Gasteiger partial charge on any atom is -0.341 e. The highest BCUT2D eigenvalue weighted by Crippen LogP contribution is 2.26. The van der Waals surface area contributed by atoms with E-state index in [4.69, 9.17) is 11.6 Å². The average Bonchev–Trinajstić information content (AvgIpc) is 2.39. The zero-order chi connectivity index (χ0) is 12.3. The molecule has 1 atom stereocenters. The molecular formula is C13H17ClN2O. The highest BCUT2D eigenvalue weighted by Gasteiger charge is 2.26. The predicted octanol–water partition coefficient (Wildman–Crippen LogP) is 2.68. The molecule has 92 valence electrons. The standard InChI is InChI=1S/C13H17ClN2O/c1-10-5-6-15-9-11(10)12(14)13(17)16-7-3-2-4-8-16/h5-6,9,12H,2-4,7-8H2,1H3. The summed E-state index contributed by atoms with van der Waals surface area (Å²) in [4.78, 5) is 18.1. The zero-order valence-corrected chi connectivity index (χ0v) is 10.8. The molecule has 3 nitrogen and oxygen atoms in total. The van der Waals surface area contributed by atoms with Gasteiger partial charge in [0.1, 0.15) is 5.38 Å². The fraction of sp³-hybridized carbons (Fsp3) is 0.538. The Balaban J connectivity index is 2.11. The second-order valence-electron chi connectivity index (χ2n) is 4.48. The molecule has 0 aliphatic carbocycles. The highest BCUT2D eigenvalue weighted by atomic mass is 35.5. The molecule has 2 rings (SSSR count). The molecule has 1 aliphatic heterocycles. The summed E-state index contributed by atoms with van der Waals surface area (Å²) >= 11 is 6.26. The summed E-state index contributed by atoms with van der Waals surface area (Å²) in [6.45, 7) is 3.62. The van der Waals surface area contributed by atoms with Crippen LogP contribution >= 0.6 is 11.6 Å². The number of amides is 1. The topological polar surface area (TPSA) is 33.2 Å². The number of pyridine rings is 1. The van der Waals surface area contributed by atoms with Crippen molar-refractivity contribution >= 4 is 17.5 Å². The molecule has 1 aliphatic rings. The number of nitrogens with zero attached hydrogens (tertiary/aromatic N) is 2. The third kappa shape index (κ3) is 2.78. The maximum Gasteiger partial charge on any atom is 0.245 e. The summed E-state index contributed by atoms with van der Waals surface area (Å²) in [5.74, 6) is 0.0162. The lowest BCUT2D eigenvalue weighted by Gasteiger charge is -2.28. The molecule has 0 N–H and O–H groups in total. The largest absolute Gasteiger partial charge is 0.341 e. The summed E-state index contributed by atoms with van der Waals surface area (Å²) < 4.78 is 0. The van der Waals surface area contributed by atoms with Gasteiger partial charge in [-0.2, -0.15) is 0 Å². The number of carbonyl (C=O) groups is 1. The number of rotatable bonds is 2. The summed E-state index contributed by atoms with van der Waals surface area (Å²) in [7, 11) is 0. The van der Waals surface area contributed by atoms with E-state index in [2.05, 4.69) is 4.98 Å². The van der Waals surface area contributed by atoms with Crippen molar-refractivity contribution in [3.05, 3.63) is 29.6 Å².